The highest BCUT2D eigenvalue weighted by Crippen LogP contribution is 2.14. The summed E-state index contributed by atoms with van der Waals surface area (Å²) in [7, 11) is 0. The maximum atomic E-state index is 12.4. The molecule has 0 fully saturated rings. The molecule has 7 heteroatoms. The Kier molecular flexibility index (Phi) is 16.8. The van der Waals surface area contributed by atoms with E-state index in [-0.39, 0.29) is 12.5 Å². The van der Waals surface area contributed by atoms with Crippen LogP contribution in [0.2, 0.25) is 0 Å². The largest absolute Gasteiger partial charge is 0.444 e. The molecule has 0 saturated heterocycles. The predicted molar refractivity (Wildman–Crippen MR) is 157 cm³/mol. The van der Waals surface area contributed by atoms with Gasteiger partial charge in [-0.3, -0.25) is 4.79 Å². The van der Waals surface area contributed by atoms with E-state index >= 15 is 0 Å². The molecule has 0 aromatic carbocycles. The van der Waals surface area contributed by atoms with E-state index in [0.29, 0.717) is 23.6 Å². The average Bonchev–Trinajstić information content (AvgIpc) is 2.84. The number of ether oxygens (including phenoxy) is 1. The van der Waals surface area contributed by atoms with Crippen LogP contribution in [0, 0.1) is 6.92 Å². The summed E-state index contributed by atoms with van der Waals surface area (Å²) in [5.74, 6) is 0.836. The van der Waals surface area contributed by atoms with Crippen LogP contribution in [0.1, 0.15) is 90.4 Å². The second-order valence-electron chi connectivity index (χ2n) is 9.79. The van der Waals surface area contributed by atoms with E-state index < -0.39 is 11.7 Å². The van der Waals surface area contributed by atoms with Crippen molar-refractivity contribution in [3.63, 3.8) is 0 Å². The number of hydrogen-bond acceptors (Lipinski definition) is 5. The second kappa shape index (κ2) is 19.6. The molecule has 0 saturated carbocycles. The van der Waals surface area contributed by atoms with Gasteiger partial charge >= 0.3 is 6.09 Å². The summed E-state index contributed by atoms with van der Waals surface area (Å²) in [5.41, 5.74) is 0.0310. The first-order valence-electron chi connectivity index (χ1n) is 13.6. The number of alkyl carbamates (subject to hydrolysis) is 1. The van der Waals surface area contributed by atoms with Gasteiger partial charge in [0.2, 0.25) is 5.91 Å². The fraction of sp³-hybridized carbons (Fsp3) is 0.484. The summed E-state index contributed by atoms with van der Waals surface area (Å²) in [6.07, 6.45) is 29.6. The number of allylic oxidation sites excluding steroid dienone is 10. The van der Waals surface area contributed by atoms with Crippen molar-refractivity contribution in [1.82, 2.24) is 15.3 Å². The van der Waals surface area contributed by atoms with Gasteiger partial charge in [0.25, 0.3) is 0 Å². The van der Waals surface area contributed by atoms with Gasteiger partial charge in [0.05, 0.1) is 6.54 Å². The monoisotopic (exact) mass is 522 g/mol. The van der Waals surface area contributed by atoms with Crippen molar-refractivity contribution in [2.75, 3.05) is 5.32 Å². The molecule has 1 aromatic heterocycles. The van der Waals surface area contributed by atoms with Crippen molar-refractivity contribution in [3.8, 4) is 0 Å². The lowest BCUT2D eigenvalue weighted by atomic mass is 10.2. The summed E-state index contributed by atoms with van der Waals surface area (Å²) in [5, 5.41) is 5.52. The van der Waals surface area contributed by atoms with Crippen molar-refractivity contribution < 1.29 is 14.3 Å². The van der Waals surface area contributed by atoms with E-state index in [0.717, 1.165) is 44.9 Å². The molecular weight excluding hydrogens is 476 g/mol. The Hall–Kier alpha value is -3.48. The molecule has 0 aliphatic carbocycles. The summed E-state index contributed by atoms with van der Waals surface area (Å²) in [4.78, 5) is 32.9. The molecule has 0 aliphatic rings. The van der Waals surface area contributed by atoms with Crippen LogP contribution in [0.25, 0.3) is 0 Å². The number of nitrogens with zero attached hydrogens (tertiary/aromatic N) is 2. The zero-order chi connectivity index (χ0) is 28.1. The predicted octanol–water partition coefficient (Wildman–Crippen LogP) is 7.67. The van der Waals surface area contributed by atoms with Crippen molar-refractivity contribution in [2.24, 2.45) is 0 Å². The van der Waals surface area contributed by atoms with Crippen LogP contribution in [-0.2, 0) is 16.1 Å². The van der Waals surface area contributed by atoms with E-state index in [2.05, 4.69) is 88.3 Å². The zero-order valence-corrected chi connectivity index (χ0v) is 23.8. The average molecular weight is 523 g/mol. The standard InChI is InChI=1S/C31H46N4O3/c1-6-7-8-9-10-11-12-13-14-15-16-17-18-19-20-21-22-23-28(36)35-29-27(24-32-26(2)34-29)25-33-30(37)38-31(3,4)5/h7-8,10-11,13-14,16-17,19-20,24H,6,9,12,15,18,21-23,25H2,1-5H3,(H,33,37)(H,32,34,35,36)/b8-7-,11-10-,14-13-,17-16-,20-19-. The number of unbranched alkanes of at least 4 members (excludes halogenated alkanes) is 1. The van der Waals surface area contributed by atoms with Crippen LogP contribution < -0.4 is 10.6 Å². The maximum absolute atomic E-state index is 12.4. The topological polar surface area (TPSA) is 93.2 Å². The van der Waals surface area contributed by atoms with Gasteiger partial charge in [-0.25, -0.2) is 14.8 Å². The second-order valence-corrected chi connectivity index (χ2v) is 9.79. The Morgan fingerprint density at radius 1 is 0.895 bits per heavy atom. The highest BCUT2D eigenvalue weighted by molar-refractivity contribution is 5.90. The summed E-state index contributed by atoms with van der Waals surface area (Å²) in [6.45, 7) is 9.45. The number of carbonyl (C=O) groups excluding carboxylic acids is 2. The fourth-order valence-corrected chi connectivity index (χ4v) is 3.16. The SMILES string of the molecule is CC/C=C\C/C=C\C/C=C\C/C=C\C/C=C\CCCC(=O)Nc1nc(C)ncc1CNC(=O)OC(C)(C)C. The first-order valence-corrected chi connectivity index (χ1v) is 13.6. The maximum Gasteiger partial charge on any atom is 0.407 e. The van der Waals surface area contributed by atoms with Gasteiger partial charge in [-0.1, -0.05) is 67.7 Å². The molecule has 0 unspecified atom stereocenters. The highest BCUT2D eigenvalue weighted by atomic mass is 16.6. The Morgan fingerprint density at radius 2 is 1.45 bits per heavy atom. The number of carbonyl (C=O) groups is 2. The molecule has 208 valence electrons. The third-order valence-corrected chi connectivity index (χ3v) is 5.00. The zero-order valence-electron chi connectivity index (χ0n) is 23.8. The van der Waals surface area contributed by atoms with Gasteiger partial charge in [-0.05, 0) is 72.6 Å². The van der Waals surface area contributed by atoms with E-state index in [1.54, 1.807) is 33.9 Å². The molecule has 7 nitrogen and oxygen atoms in total. The van der Waals surface area contributed by atoms with Crippen LogP contribution in [0.5, 0.6) is 0 Å². The van der Waals surface area contributed by atoms with Gasteiger partial charge in [0, 0.05) is 18.2 Å². The van der Waals surface area contributed by atoms with Gasteiger partial charge in [0.15, 0.2) is 0 Å². The molecule has 0 atom stereocenters. The molecule has 0 radical (unpaired) electrons. The van der Waals surface area contributed by atoms with Crippen molar-refractivity contribution >= 4 is 17.8 Å². The number of anilines is 1. The minimum atomic E-state index is -0.587. The molecule has 1 rings (SSSR count). The van der Waals surface area contributed by atoms with Crippen LogP contribution in [-0.4, -0.2) is 27.6 Å². The molecule has 0 aliphatic heterocycles. The molecular formula is C31H46N4O3. The smallest absolute Gasteiger partial charge is 0.407 e. The van der Waals surface area contributed by atoms with Crippen molar-refractivity contribution in [2.45, 2.75) is 98.1 Å². The number of aromatic nitrogens is 2. The van der Waals surface area contributed by atoms with Crippen LogP contribution in [0.15, 0.2) is 67.0 Å². The van der Waals surface area contributed by atoms with E-state index in [1.165, 1.54) is 0 Å². The fourth-order valence-electron chi connectivity index (χ4n) is 3.16. The Bertz CT molecular complexity index is 985. The lowest BCUT2D eigenvalue weighted by Crippen LogP contribution is -2.32. The molecule has 1 aromatic rings. The lowest BCUT2D eigenvalue weighted by molar-refractivity contribution is -0.116. The molecule has 2 amide bonds. The van der Waals surface area contributed by atoms with Crippen molar-refractivity contribution in [1.29, 1.82) is 0 Å². The van der Waals surface area contributed by atoms with E-state index in [1.807, 2.05) is 0 Å². The van der Waals surface area contributed by atoms with Gasteiger partial charge < -0.3 is 15.4 Å². The first kappa shape index (κ1) is 32.5. The normalized spacial score (nSPS) is 12.4. The lowest BCUT2D eigenvalue weighted by Gasteiger charge is -2.20. The van der Waals surface area contributed by atoms with Crippen molar-refractivity contribution in [3.05, 3.63) is 78.3 Å². The Balaban J connectivity index is 2.27. The Labute approximate surface area is 229 Å². The first-order chi connectivity index (χ1) is 18.2. The third kappa shape index (κ3) is 17.9. The minimum absolute atomic E-state index is 0.117. The number of hydrogen-bond donors (Lipinski definition) is 2. The van der Waals surface area contributed by atoms with E-state index in [4.69, 9.17) is 4.74 Å². The summed E-state index contributed by atoms with van der Waals surface area (Å²) < 4.78 is 5.25. The summed E-state index contributed by atoms with van der Waals surface area (Å²) in [6, 6.07) is 0. The number of nitrogens with one attached hydrogen (secondary N) is 2. The number of aryl methyl sites for hydroxylation is 1. The Morgan fingerprint density at radius 3 is 2.00 bits per heavy atom. The molecule has 1 heterocycles. The number of rotatable bonds is 16. The van der Waals surface area contributed by atoms with Crippen LogP contribution in [0.3, 0.4) is 0 Å². The molecule has 0 spiro atoms. The van der Waals surface area contributed by atoms with Gasteiger partial charge in [0.1, 0.15) is 17.2 Å². The molecule has 38 heavy (non-hydrogen) atoms. The third-order valence-electron chi connectivity index (χ3n) is 5.00. The molecule has 2 N–H and O–H groups in total. The summed E-state index contributed by atoms with van der Waals surface area (Å²) >= 11 is 0. The van der Waals surface area contributed by atoms with Crippen LogP contribution >= 0.6 is 0 Å². The highest BCUT2D eigenvalue weighted by Gasteiger charge is 2.17. The van der Waals surface area contributed by atoms with Gasteiger partial charge in [-0.2, -0.15) is 0 Å². The number of amides is 2. The quantitative estimate of drug-likeness (QED) is 0.172. The molecule has 0 bridgehead atoms. The van der Waals surface area contributed by atoms with Gasteiger partial charge in [-0.15, -0.1) is 0 Å². The minimum Gasteiger partial charge on any atom is -0.444 e. The van der Waals surface area contributed by atoms with E-state index in [9.17, 15) is 9.59 Å². The van der Waals surface area contributed by atoms with Crippen LogP contribution in [0.4, 0.5) is 10.6 Å².